The van der Waals surface area contributed by atoms with E-state index < -0.39 is 11.8 Å². The molecule has 4 aliphatic carbocycles. The Bertz CT molecular complexity index is 874. The van der Waals surface area contributed by atoms with Crippen LogP contribution < -0.4 is 0 Å². The number of rotatable bonds is 2. The first-order chi connectivity index (χ1) is 15.9. The van der Waals surface area contributed by atoms with Crippen LogP contribution in [0.15, 0.2) is 11.6 Å². The molecule has 0 radical (unpaired) electrons. The quantitative estimate of drug-likeness (QED) is 0.340. The third kappa shape index (κ3) is 4.15. The van der Waals surface area contributed by atoms with Crippen molar-refractivity contribution in [2.24, 2.45) is 40.4 Å². The van der Waals surface area contributed by atoms with E-state index in [-0.39, 0.29) is 16.7 Å². The lowest BCUT2D eigenvalue weighted by Crippen LogP contribution is -2.53. The minimum absolute atomic E-state index is 0.153. The maximum Gasteiger partial charge on any atom is 0.457 e. The van der Waals surface area contributed by atoms with Crippen molar-refractivity contribution in [1.82, 2.24) is 0 Å². The lowest BCUT2D eigenvalue weighted by atomic mass is 9.46. The van der Waals surface area contributed by atoms with Crippen molar-refractivity contribution in [3.8, 4) is 11.8 Å². The van der Waals surface area contributed by atoms with E-state index in [2.05, 4.69) is 25.8 Å². The Morgan fingerprint density at radius 3 is 2.50 bits per heavy atom. The van der Waals surface area contributed by atoms with Crippen molar-refractivity contribution >= 4 is 0 Å². The molecule has 0 amide bonds. The topological polar surface area (TPSA) is 29.5 Å². The van der Waals surface area contributed by atoms with Gasteiger partial charge < -0.3 is 9.84 Å². The standard InChI is InChI=1S/C29H41F3O2/c1-26-13-11-19(24-6-4-5-17-34-24)18-20(26)7-8-21-22-9-10-25(27(22,2)14-12-23(21)26)28(3,33)15-16-29(30,31)32/h7,19,21-25,33H,4-6,8-14,17-18H2,1-3H3/t19-,21-,22-,23-,24?,25-,26-,27-,28+/m0/s1. The van der Waals surface area contributed by atoms with Gasteiger partial charge in [0.05, 0.1) is 6.10 Å². The van der Waals surface area contributed by atoms with E-state index >= 15 is 0 Å². The van der Waals surface area contributed by atoms with Crippen molar-refractivity contribution < 1.29 is 23.0 Å². The first-order valence-corrected chi connectivity index (χ1v) is 13.6. The molecule has 1 N–H and O–H groups in total. The van der Waals surface area contributed by atoms with Crippen LogP contribution in [0.1, 0.15) is 91.4 Å². The van der Waals surface area contributed by atoms with E-state index in [1.165, 1.54) is 51.4 Å². The molecule has 1 saturated heterocycles. The summed E-state index contributed by atoms with van der Waals surface area (Å²) in [5.41, 5.74) is 0.135. The van der Waals surface area contributed by atoms with E-state index in [4.69, 9.17) is 4.74 Å². The maximum absolute atomic E-state index is 12.8. The molecule has 34 heavy (non-hydrogen) atoms. The first-order valence-electron chi connectivity index (χ1n) is 13.6. The highest BCUT2D eigenvalue weighted by Crippen LogP contribution is 2.67. The summed E-state index contributed by atoms with van der Waals surface area (Å²) < 4.78 is 44.5. The molecule has 2 nitrogen and oxygen atoms in total. The summed E-state index contributed by atoms with van der Waals surface area (Å²) in [6, 6.07) is 0. The average Bonchev–Trinajstić information content (AvgIpc) is 3.16. The van der Waals surface area contributed by atoms with Crippen molar-refractivity contribution in [2.75, 3.05) is 6.61 Å². The lowest BCUT2D eigenvalue weighted by molar-refractivity contribution is -0.0883. The normalized spacial score (nSPS) is 46.1. The highest BCUT2D eigenvalue weighted by molar-refractivity contribution is 5.27. The lowest BCUT2D eigenvalue weighted by Gasteiger charge is -2.59. The second kappa shape index (κ2) is 8.55. The van der Waals surface area contributed by atoms with Gasteiger partial charge >= 0.3 is 6.18 Å². The molecular formula is C29H41F3O2. The Labute approximate surface area is 203 Å². The Balaban J connectivity index is 1.35. The van der Waals surface area contributed by atoms with Gasteiger partial charge in [-0.1, -0.05) is 31.4 Å². The summed E-state index contributed by atoms with van der Waals surface area (Å²) in [5, 5.41) is 11.1. The van der Waals surface area contributed by atoms with Gasteiger partial charge in [0.2, 0.25) is 0 Å². The number of allylic oxidation sites excluding steroid dienone is 2. The van der Waals surface area contributed by atoms with Crippen LogP contribution in [0.2, 0.25) is 0 Å². The van der Waals surface area contributed by atoms with E-state index in [1.807, 2.05) is 0 Å². The van der Waals surface area contributed by atoms with Crippen molar-refractivity contribution in [3.63, 3.8) is 0 Å². The van der Waals surface area contributed by atoms with Crippen LogP contribution in [-0.2, 0) is 4.74 Å². The molecule has 4 fully saturated rings. The van der Waals surface area contributed by atoms with Gasteiger partial charge in [0.25, 0.3) is 0 Å². The van der Waals surface area contributed by atoms with E-state index in [9.17, 15) is 18.3 Å². The summed E-state index contributed by atoms with van der Waals surface area (Å²) >= 11 is 0. The number of hydrogen-bond donors (Lipinski definition) is 1. The molecule has 0 bridgehead atoms. The molecule has 0 spiro atoms. The van der Waals surface area contributed by atoms with Gasteiger partial charge in [-0.3, -0.25) is 0 Å². The molecule has 1 unspecified atom stereocenters. The molecule has 5 aliphatic rings. The van der Waals surface area contributed by atoms with Gasteiger partial charge in [0, 0.05) is 18.4 Å². The minimum Gasteiger partial charge on any atom is -0.378 e. The fourth-order valence-electron chi connectivity index (χ4n) is 9.35. The Morgan fingerprint density at radius 2 is 1.79 bits per heavy atom. The SMILES string of the molecule is C[C@]12CC[C@H]3[C@@H](CC=C4C[C@@H](C5CCCCO5)CC[C@@]43C)[C@@H]1CC[C@@H]2[C@](C)(O)C#CC(F)(F)F. The molecule has 5 heteroatoms. The maximum atomic E-state index is 12.8. The van der Waals surface area contributed by atoms with Crippen molar-refractivity contribution in [2.45, 2.75) is 109 Å². The molecule has 190 valence electrons. The monoisotopic (exact) mass is 478 g/mol. The molecule has 1 heterocycles. The zero-order chi connectivity index (χ0) is 24.4. The zero-order valence-corrected chi connectivity index (χ0v) is 21.0. The summed E-state index contributed by atoms with van der Waals surface area (Å²) in [6.45, 7) is 7.15. The van der Waals surface area contributed by atoms with Gasteiger partial charge in [-0.2, -0.15) is 13.2 Å². The van der Waals surface area contributed by atoms with Crippen LogP contribution >= 0.6 is 0 Å². The molecule has 9 atom stereocenters. The molecule has 5 rings (SSSR count). The molecule has 0 aromatic rings. The highest BCUT2D eigenvalue weighted by Gasteiger charge is 2.61. The molecule has 0 aromatic heterocycles. The number of halogens is 3. The van der Waals surface area contributed by atoms with Gasteiger partial charge in [0.15, 0.2) is 0 Å². The molecule has 3 saturated carbocycles. The number of fused-ring (bicyclic) bond motifs is 5. The molecular weight excluding hydrogens is 437 g/mol. The van der Waals surface area contributed by atoms with Gasteiger partial charge in [0.1, 0.15) is 5.60 Å². The smallest absolute Gasteiger partial charge is 0.378 e. The fourth-order valence-corrected chi connectivity index (χ4v) is 9.35. The predicted octanol–water partition coefficient (Wildman–Crippen LogP) is 7.07. The summed E-state index contributed by atoms with van der Waals surface area (Å²) in [5.74, 6) is 5.68. The van der Waals surface area contributed by atoms with Gasteiger partial charge in [-0.15, -0.1) is 0 Å². The van der Waals surface area contributed by atoms with Crippen LogP contribution in [0.25, 0.3) is 0 Å². The third-order valence-corrected chi connectivity index (χ3v) is 11.0. The number of alkyl halides is 3. The summed E-state index contributed by atoms with van der Waals surface area (Å²) in [4.78, 5) is 0. The van der Waals surface area contributed by atoms with Crippen LogP contribution in [0.3, 0.4) is 0 Å². The summed E-state index contributed by atoms with van der Waals surface area (Å²) in [6.07, 6.45) is 10.7. The fraction of sp³-hybridized carbons (Fsp3) is 0.862. The first kappa shape index (κ1) is 24.7. The number of hydrogen-bond acceptors (Lipinski definition) is 2. The number of ether oxygens (including phenoxy) is 1. The second-order valence-electron chi connectivity index (χ2n) is 12.7. The third-order valence-electron chi connectivity index (χ3n) is 11.0. The van der Waals surface area contributed by atoms with E-state index in [0.29, 0.717) is 29.8 Å². The van der Waals surface area contributed by atoms with Crippen LogP contribution in [0.5, 0.6) is 0 Å². The Morgan fingerprint density at radius 1 is 1.00 bits per heavy atom. The number of aliphatic hydroxyl groups is 1. The van der Waals surface area contributed by atoms with Gasteiger partial charge in [-0.25, -0.2) is 0 Å². The summed E-state index contributed by atoms with van der Waals surface area (Å²) in [7, 11) is 0. The Kier molecular flexibility index (Phi) is 6.21. The zero-order valence-electron chi connectivity index (χ0n) is 21.0. The second-order valence-corrected chi connectivity index (χ2v) is 12.7. The molecule has 1 aliphatic heterocycles. The molecule has 0 aromatic carbocycles. The van der Waals surface area contributed by atoms with E-state index in [0.717, 1.165) is 38.7 Å². The van der Waals surface area contributed by atoms with Crippen LogP contribution in [-0.4, -0.2) is 29.6 Å². The minimum atomic E-state index is -4.57. The van der Waals surface area contributed by atoms with Crippen LogP contribution in [0.4, 0.5) is 13.2 Å². The van der Waals surface area contributed by atoms with Gasteiger partial charge in [-0.05, 0) is 112 Å². The predicted molar refractivity (Wildman–Crippen MR) is 127 cm³/mol. The van der Waals surface area contributed by atoms with Crippen molar-refractivity contribution in [3.05, 3.63) is 11.6 Å². The van der Waals surface area contributed by atoms with E-state index in [1.54, 1.807) is 5.57 Å². The highest BCUT2D eigenvalue weighted by atomic mass is 19.4. The Hall–Kier alpha value is -0.990. The van der Waals surface area contributed by atoms with Crippen molar-refractivity contribution in [1.29, 1.82) is 0 Å². The van der Waals surface area contributed by atoms with Crippen LogP contribution in [0, 0.1) is 52.3 Å². The largest absolute Gasteiger partial charge is 0.457 e. The average molecular weight is 479 g/mol.